The summed E-state index contributed by atoms with van der Waals surface area (Å²) in [4.78, 5) is 0. The summed E-state index contributed by atoms with van der Waals surface area (Å²) < 4.78 is 5.66. The molecule has 1 atom stereocenters. The molecular weight excluding hydrogens is 210 g/mol. The van der Waals surface area contributed by atoms with E-state index in [0.29, 0.717) is 6.04 Å². The molecule has 0 bridgehead atoms. The SMILES string of the molecule is CCOc1ccccc1CCC1CCCCN1. The fourth-order valence-electron chi connectivity index (χ4n) is 2.51. The Bertz CT molecular complexity index is 331. The molecule has 1 aromatic carbocycles. The number of ether oxygens (including phenoxy) is 1. The molecule has 1 N–H and O–H groups in total. The first-order chi connectivity index (χ1) is 8.40. The van der Waals surface area contributed by atoms with Crippen molar-refractivity contribution in [3.8, 4) is 5.75 Å². The maximum absolute atomic E-state index is 5.66. The van der Waals surface area contributed by atoms with Crippen LogP contribution in [-0.4, -0.2) is 19.2 Å². The average molecular weight is 233 g/mol. The second kappa shape index (κ2) is 6.65. The van der Waals surface area contributed by atoms with Crippen LogP contribution in [0.25, 0.3) is 0 Å². The van der Waals surface area contributed by atoms with E-state index >= 15 is 0 Å². The molecule has 0 aromatic heterocycles. The van der Waals surface area contributed by atoms with Gasteiger partial charge in [-0.2, -0.15) is 0 Å². The summed E-state index contributed by atoms with van der Waals surface area (Å²) in [6.45, 7) is 3.98. The molecule has 0 radical (unpaired) electrons. The number of para-hydroxylation sites is 1. The van der Waals surface area contributed by atoms with Crippen molar-refractivity contribution in [3.05, 3.63) is 29.8 Å². The Hall–Kier alpha value is -1.02. The van der Waals surface area contributed by atoms with E-state index in [9.17, 15) is 0 Å². The lowest BCUT2D eigenvalue weighted by Gasteiger charge is -2.23. The van der Waals surface area contributed by atoms with Crippen LogP contribution in [0.5, 0.6) is 5.75 Å². The molecule has 2 heteroatoms. The minimum Gasteiger partial charge on any atom is -0.494 e. The van der Waals surface area contributed by atoms with E-state index < -0.39 is 0 Å². The number of benzene rings is 1. The summed E-state index contributed by atoms with van der Waals surface area (Å²) in [6.07, 6.45) is 6.39. The zero-order valence-corrected chi connectivity index (χ0v) is 10.7. The molecule has 1 aromatic rings. The minimum absolute atomic E-state index is 0.707. The van der Waals surface area contributed by atoms with E-state index in [1.165, 1.54) is 37.8 Å². The topological polar surface area (TPSA) is 21.3 Å². The maximum atomic E-state index is 5.66. The third-order valence-corrected chi connectivity index (χ3v) is 3.45. The van der Waals surface area contributed by atoms with E-state index in [1.54, 1.807) is 0 Å². The largest absolute Gasteiger partial charge is 0.494 e. The van der Waals surface area contributed by atoms with Gasteiger partial charge in [-0.25, -0.2) is 0 Å². The first-order valence-corrected chi connectivity index (χ1v) is 6.84. The number of piperidine rings is 1. The summed E-state index contributed by atoms with van der Waals surface area (Å²) in [5.74, 6) is 1.06. The van der Waals surface area contributed by atoms with Gasteiger partial charge < -0.3 is 10.1 Å². The smallest absolute Gasteiger partial charge is 0.122 e. The molecule has 1 aliphatic rings. The van der Waals surface area contributed by atoms with Crippen LogP contribution < -0.4 is 10.1 Å². The predicted octanol–water partition coefficient (Wildman–Crippen LogP) is 3.16. The van der Waals surface area contributed by atoms with E-state index in [4.69, 9.17) is 4.74 Å². The van der Waals surface area contributed by atoms with Crippen LogP contribution in [0.15, 0.2) is 24.3 Å². The van der Waals surface area contributed by atoms with Crippen LogP contribution in [0, 0.1) is 0 Å². The van der Waals surface area contributed by atoms with Gasteiger partial charge in [0.1, 0.15) is 5.75 Å². The highest BCUT2D eigenvalue weighted by Gasteiger charge is 2.13. The first-order valence-electron chi connectivity index (χ1n) is 6.84. The van der Waals surface area contributed by atoms with Crippen molar-refractivity contribution in [3.63, 3.8) is 0 Å². The van der Waals surface area contributed by atoms with Crippen LogP contribution >= 0.6 is 0 Å². The Morgan fingerprint density at radius 2 is 2.18 bits per heavy atom. The number of rotatable bonds is 5. The molecule has 1 saturated heterocycles. The molecule has 2 nitrogen and oxygen atoms in total. The molecule has 0 aliphatic carbocycles. The highest BCUT2D eigenvalue weighted by Crippen LogP contribution is 2.21. The van der Waals surface area contributed by atoms with Crippen LogP contribution in [0.2, 0.25) is 0 Å². The Morgan fingerprint density at radius 1 is 1.29 bits per heavy atom. The fraction of sp³-hybridized carbons (Fsp3) is 0.600. The molecule has 1 aliphatic heterocycles. The highest BCUT2D eigenvalue weighted by molar-refractivity contribution is 5.33. The number of hydrogen-bond donors (Lipinski definition) is 1. The maximum Gasteiger partial charge on any atom is 0.122 e. The monoisotopic (exact) mass is 233 g/mol. The highest BCUT2D eigenvalue weighted by atomic mass is 16.5. The van der Waals surface area contributed by atoms with Gasteiger partial charge in [-0.15, -0.1) is 0 Å². The first kappa shape index (κ1) is 12.4. The van der Waals surface area contributed by atoms with Gasteiger partial charge in [-0.05, 0) is 50.8 Å². The molecule has 2 rings (SSSR count). The van der Waals surface area contributed by atoms with Crippen LogP contribution in [0.4, 0.5) is 0 Å². The second-order valence-electron chi connectivity index (χ2n) is 4.73. The van der Waals surface area contributed by atoms with Gasteiger partial charge in [0.25, 0.3) is 0 Å². The Labute approximate surface area is 104 Å². The van der Waals surface area contributed by atoms with E-state index in [0.717, 1.165) is 18.8 Å². The third-order valence-electron chi connectivity index (χ3n) is 3.45. The molecule has 0 spiro atoms. The molecule has 1 fully saturated rings. The van der Waals surface area contributed by atoms with Crippen LogP contribution in [0.1, 0.15) is 38.2 Å². The molecule has 17 heavy (non-hydrogen) atoms. The van der Waals surface area contributed by atoms with Gasteiger partial charge in [-0.1, -0.05) is 24.6 Å². The van der Waals surface area contributed by atoms with Crippen molar-refractivity contribution in [2.24, 2.45) is 0 Å². The standard InChI is InChI=1S/C15H23NO/c1-2-17-15-9-4-3-7-13(15)10-11-14-8-5-6-12-16-14/h3-4,7,9,14,16H,2,5-6,8,10-12H2,1H3. The summed E-state index contributed by atoms with van der Waals surface area (Å²) in [5, 5.41) is 3.60. The summed E-state index contributed by atoms with van der Waals surface area (Å²) in [6, 6.07) is 9.12. The lowest BCUT2D eigenvalue weighted by atomic mass is 9.97. The van der Waals surface area contributed by atoms with Gasteiger partial charge in [-0.3, -0.25) is 0 Å². The van der Waals surface area contributed by atoms with Gasteiger partial charge in [0.2, 0.25) is 0 Å². The molecule has 0 saturated carbocycles. The zero-order valence-electron chi connectivity index (χ0n) is 10.7. The van der Waals surface area contributed by atoms with E-state index in [2.05, 4.69) is 23.5 Å². The van der Waals surface area contributed by atoms with Crippen molar-refractivity contribution in [1.82, 2.24) is 5.32 Å². The normalized spacial score (nSPS) is 20.2. The summed E-state index contributed by atoms with van der Waals surface area (Å²) in [7, 11) is 0. The van der Waals surface area contributed by atoms with Crippen molar-refractivity contribution in [2.45, 2.75) is 45.1 Å². The van der Waals surface area contributed by atoms with E-state index in [1.807, 2.05) is 13.0 Å². The predicted molar refractivity (Wildman–Crippen MR) is 71.6 cm³/mol. The number of hydrogen-bond acceptors (Lipinski definition) is 2. The summed E-state index contributed by atoms with van der Waals surface area (Å²) >= 11 is 0. The van der Waals surface area contributed by atoms with Crippen molar-refractivity contribution in [2.75, 3.05) is 13.2 Å². The number of aryl methyl sites for hydroxylation is 1. The fourth-order valence-corrected chi connectivity index (χ4v) is 2.51. The van der Waals surface area contributed by atoms with Gasteiger partial charge in [0.15, 0.2) is 0 Å². The minimum atomic E-state index is 0.707. The molecule has 1 heterocycles. The Balaban J connectivity index is 1.88. The number of nitrogens with one attached hydrogen (secondary N) is 1. The van der Waals surface area contributed by atoms with Crippen LogP contribution in [-0.2, 0) is 6.42 Å². The second-order valence-corrected chi connectivity index (χ2v) is 4.73. The molecular formula is C15H23NO. The Morgan fingerprint density at radius 3 is 2.94 bits per heavy atom. The molecule has 0 amide bonds. The van der Waals surface area contributed by atoms with Crippen LogP contribution in [0.3, 0.4) is 0 Å². The van der Waals surface area contributed by atoms with Gasteiger partial charge in [0.05, 0.1) is 6.61 Å². The third kappa shape index (κ3) is 3.74. The Kier molecular flexibility index (Phi) is 4.87. The lowest BCUT2D eigenvalue weighted by Crippen LogP contribution is -2.34. The average Bonchev–Trinajstić information content (AvgIpc) is 2.39. The lowest BCUT2D eigenvalue weighted by molar-refractivity contribution is 0.333. The zero-order chi connectivity index (χ0) is 11.9. The van der Waals surface area contributed by atoms with Crippen molar-refractivity contribution in [1.29, 1.82) is 0 Å². The quantitative estimate of drug-likeness (QED) is 0.843. The molecule has 94 valence electrons. The summed E-state index contributed by atoms with van der Waals surface area (Å²) in [5.41, 5.74) is 1.35. The van der Waals surface area contributed by atoms with E-state index in [-0.39, 0.29) is 0 Å². The van der Waals surface area contributed by atoms with Crippen molar-refractivity contribution < 1.29 is 4.74 Å². The van der Waals surface area contributed by atoms with Crippen molar-refractivity contribution >= 4 is 0 Å². The molecule has 1 unspecified atom stereocenters. The van der Waals surface area contributed by atoms with Gasteiger partial charge in [0, 0.05) is 6.04 Å². The van der Waals surface area contributed by atoms with Gasteiger partial charge >= 0.3 is 0 Å².